The third-order valence-electron chi connectivity index (χ3n) is 3.81. The molecule has 0 amide bonds. The third-order valence-corrected chi connectivity index (χ3v) is 3.81. The number of H-pyrrole nitrogens is 1. The standard InChI is InChI=1S/C16H21N3O2/c1-20-14-3-2-4-15(10-14)21-8-6-13-9-16(19-18-13)12-5-7-17-11-12/h2-4,9-10,12,17H,5-8,11H2,1H3,(H,18,19). The second-order valence-electron chi connectivity index (χ2n) is 5.29. The van der Waals surface area contributed by atoms with Gasteiger partial charge in [-0.3, -0.25) is 5.10 Å². The quantitative estimate of drug-likeness (QED) is 0.854. The van der Waals surface area contributed by atoms with Gasteiger partial charge in [0, 0.05) is 30.6 Å². The zero-order valence-corrected chi connectivity index (χ0v) is 12.3. The molecule has 1 fully saturated rings. The molecule has 0 bridgehead atoms. The summed E-state index contributed by atoms with van der Waals surface area (Å²) < 4.78 is 10.9. The fraction of sp³-hybridized carbons (Fsp3) is 0.438. The lowest BCUT2D eigenvalue weighted by Gasteiger charge is -2.06. The van der Waals surface area contributed by atoms with E-state index >= 15 is 0 Å². The molecule has 0 aliphatic carbocycles. The van der Waals surface area contributed by atoms with E-state index in [0.29, 0.717) is 12.5 Å². The number of rotatable bonds is 6. The smallest absolute Gasteiger partial charge is 0.123 e. The van der Waals surface area contributed by atoms with Crippen LogP contribution in [0.1, 0.15) is 23.7 Å². The van der Waals surface area contributed by atoms with Gasteiger partial charge in [-0.25, -0.2) is 0 Å². The summed E-state index contributed by atoms with van der Waals surface area (Å²) in [6.07, 6.45) is 2.00. The van der Waals surface area contributed by atoms with E-state index in [9.17, 15) is 0 Å². The highest BCUT2D eigenvalue weighted by atomic mass is 16.5. The summed E-state index contributed by atoms with van der Waals surface area (Å²) >= 11 is 0. The van der Waals surface area contributed by atoms with Crippen LogP contribution in [-0.2, 0) is 6.42 Å². The number of nitrogens with zero attached hydrogens (tertiary/aromatic N) is 1. The van der Waals surface area contributed by atoms with E-state index < -0.39 is 0 Å². The molecule has 2 heterocycles. The van der Waals surface area contributed by atoms with Crippen LogP contribution in [0, 0.1) is 0 Å². The first kappa shape index (κ1) is 13.9. The van der Waals surface area contributed by atoms with E-state index in [1.165, 1.54) is 6.42 Å². The Kier molecular flexibility index (Phi) is 4.40. The monoisotopic (exact) mass is 287 g/mol. The number of aromatic amines is 1. The average molecular weight is 287 g/mol. The molecule has 2 aromatic rings. The van der Waals surface area contributed by atoms with Crippen molar-refractivity contribution in [3.63, 3.8) is 0 Å². The molecule has 1 aliphatic heterocycles. The largest absolute Gasteiger partial charge is 0.497 e. The molecule has 1 unspecified atom stereocenters. The predicted molar refractivity (Wildman–Crippen MR) is 81.0 cm³/mol. The summed E-state index contributed by atoms with van der Waals surface area (Å²) in [5.41, 5.74) is 2.29. The van der Waals surface area contributed by atoms with Crippen molar-refractivity contribution in [1.29, 1.82) is 0 Å². The van der Waals surface area contributed by atoms with Gasteiger partial charge >= 0.3 is 0 Å². The molecule has 2 N–H and O–H groups in total. The molecular formula is C16H21N3O2. The lowest BCUT2D eigenvalue weighted by Crippen LogP contribution is -2.08. The minimum absolute atomic E-state index is 0.550. The fourth-order valence-corrected chi connectivity index (χ4v) is 2.59. The molecule has 1 aromatic heterocycles. The Morgan fingerprint density at radius 2 is 2.19 bits per heavy atom. The highest BCUT2D eigenvalue weighted by Gasteiger charge is 2.19. The lowest BCUT2D eigenvalue weighted by atomic mass is 10.0. The molecule has 112 valence electrons. The van der Waals surface area contributed by atoms with Crippen LogP contribution in [0.5, 0.6) is 11.5 Å². The Morgan fingerprint density at radius 1 is 1.29 bits per heavy atom. The van der Waals surface area contributed by atoms with E-state index in [0.717, 1.165) is 42.4 Å². The first-order valence-corrected chi connectivity index (χ1v) is 7.37. The van der Waals surface area contributed by atoms with E-state index in [1.807, 2.05) is 24.3 Å². The molecule has 1 aromatic carbocycles. The molecular weight excluding hydrogens is 266 g/mol. The molecule has 0 saturated carbocycles. The van der Waals surface area contributed by atoms with Gasteiger partial charge in [-0.1, -0.05) is 6.07 Å². The number of ether oxygens (including phenoxy) is 2. The summed E-state index contributed by atoms with van der Waals surface area (Å²) in [5, 5.41) is 10.9. The second-order valence-corrected chi connectivity index (χ2v) is 5.29. The van der Waals surface area contributed by atoms with Gasteiger partial charge in [0.05, 0.1) is 19.4 Å². The van der Waals surface area contributed by atoms with Crippen molar-refractivity contribution in [2.45, 2.75) is 18.8 Å². The van der Waals surface area contributed by atoms with Gasteiger partial charge in [0.25, 0.3) is 0 Å². The molecule has 1 atom stereocenters. The topological polar surface area (TPSA) is 59.2 Å². The Morgan fingerprint density at radius 3 is 3.00 bits per heavy atom. The third kappa shape index (κ3) is 3.55. The average Bonchev–Trinajstić information content (AvgIpc) is 3.18. The summed E-state index contributed by atoms with van der Waals surface area (Å²) in [7, 11) is 1.66. The van der Waals surface area contributed by atoms with E-state index in [4.69, 9.17) is 9.47 Å². The minimum Gasteiger partial charge on any atom is -0.497 e. The lowest BCUT2D eigenvalue weighted by molar-refractivity contribution is 0.317. The van der Waals surface area contributed by atoms with Crippen molar-refractivity contribution in [3.05, 3.63) is 41.7 Å². The molecule has 5 heteroatoms. The zero-order chi connectivity index (χ0) is 14.5. The van der Waals surface area contributed by atoms with Gasteiger partial charge in [0.2, 0.25) is 0 Å². The summed E-state index contributed by atoms with van der Waals surface area (Å²) in [5.74, 6) is 2.19. The van der Waals surface area contributed by atoms with Gasteiger partial charge in [-0.05, 0) is 31.2 Å². The fourth-order valence-electron chi connectivity index (χ4n) is 2.59. The van der Waals surface area contributed by atoms with Crippen molar-refractivity contribution >= 4 is 0 Å². The van der Waals surface area contributed by atoms with Gasteiger partial charge in [-0.15, -0.1) is 0 Å². The Labute approximate surface area is 124 Å². The minimum atomic E-state index is 0.550. The molecule has 1 saturated heterocycles. The van der Waals surface area contributed by atoms with Gasteiger partial charge in [0.1, 0.15) is 11.5 Å². The first-order chi connectivity index (χ1) is 10.3. The van der Waals surface area contributed by atoms with Crippen LogP contribution in [-0.4, -0.2) is 37.0 Å². The van der Waals surface area contributed by atoms with Crippen molar-refractivity contribution in [2.75, 3.05) is 26.8 Å². The van der Waals surface area contributed by atoms with E-state index in [2.05, 4.69) is 21.6 Å². The van der Waals surface area contributed by atoms with Crippen molar-refractivity contribution in [2.24, 2.45) is 0 Å². The molecule has 21 heavy (non-hydrogen) atoms. The van der Waals surface area contributed by atoms with Crippen LogP contribution in [0.15, 0.2) is 30.3 Å². The van der Waals surface area contributed by atoms with Gasteiger partial charge < -0.3 is 14.8 Å². The Balaban J connectivity index is 1.50. The molecule has 5 nitrogen and oxygen atoms in total. The van der Waals surface area contributed by atoms with Crippen molar-refractivity contribution in [1.82, 2.24) is 15.5 Å². The maximum atomic E-state index is 5.75. The molecule has 0 spiro atoms. The number of hydrogen-bond donors (Lipinski definition) is 2. The van der Waals surface area contributed by atoms with E-state index in [-0.39, 0.29) is 0 Å². The Hall–Kier alpha value is -2.01. The van der Waals surface area contributed by atoms with Crippen molar-refractivity contribution < 1.29 is 9.47 Å². The number of nitrogens with one attached hydrogen (secondary N) is 2. The number of aromatic nitrogens is 2. The van der Waals surface area contributed by atoms with Crippen LogP contribution in [0.4, 0.5) is 0 Å². The predicted octanol–water partition coefficient (Wildman–Crippen LogP) is 2.12. The van der Waals surface area contributed by atoms with Crippen LogP contribution in [0.3, 0.4) is 0 Å². The highest BCUT2D eigenvalue weighted by Crippen LogP contribution is 2.21. The SMILES string of the molecule is COc1cccc(OCCc2cc(C3CCNC3)n[nH]2)c1. The molecule has 1 aliphatic rings. The van der Waals surface area contributed by atoms with Gasteiger partial charge in [0.15, 0.2) is 0 Å². The summed E-state index contributed by atoms with van der Waals surface area (Å²) in [4.78, 5) is 0. The highest BCUT2D eigenvalue weighted by molar-refractivity contribution is 5.32. The summed E-state index contributed by atoms with van der Waals surface area (Å²) in [6.45, 7) is 2.74. The summed E-state index contributed by atoms with van der Waals surface area (Å²) in [6, 6.07) is 9.82. The molecule has 3 rings (SSSR count). The Bertz CT molecular complexity index is 576. The number of methoxy groups -OCH3 is 1. The second kappa shape index (κ2) is 6.63. The normalized spacial score (nSPS) is 17.9. The van der Waals surface area contributed by atoms with E-state index in [1.54, 1.807) is 7.11 Å². The van der Waals surface area contributed by atoms with Crippen LogP contribution in [0.25, 0.3) is 0 Å². The maximum Gasteiger partial charge on any atom is 0.123 e. The zero-order valence-electron chi connectivity index (χ0n) is 12.3. The van der Waals surface area contributed by atoms with Crippen LogP contribution >= 0.6 is 0 Å². The van der Waals surface area contributed by atoms with Crippen LogP contribution in [0.2, 0.25) is 0 Å². The van der Waals surface area contributed by atoms with Gasteiger partial charge in [-0.2, -0.15) is 5.10 Å². The van der Waals surface area contributed by atoms with Crippen LogP contribution < -0.4 is 14.8 Å². The molecule has 0 radical (unpaired) electrons. The number of hydrogen-bond acceptors (Lipinski definition) is 4. The van der Waals surface area contributed by atoms with Crippen molar-refractivity contribution in [3.8, 4) is 11.5 Å². The maximum absolute atomic E-state index is 5.75. The number of benzene rings is 1. The first-order valence-electron chi connectivity index (χ1n) is 7.37.